The molecule has 0 aliphatic heterocycles. The van der Waals surface area contributed by atoms with Gasteiger partial charge < -0.3 is 5.11 Å². The van der Waals surface area contributed by atoms with Crippen LogP contribution in [0.5, 0.6) is 0 Å². The maximum atomic E-state index is 12.4. The van der Waals surface area contributed by atoms with Crippen LogP contribution in [0.3, 0.4) is 0 Å². The summed E-state index contributed by atoms with van der Waals surface area (Å²) in [6.07, 6.45) is 1.27. The summed E-state index contributed by atoms with van der Waals surface area (Å²) in [6, 6.07) is 7.21. The van der Waals surface area contributed by atoms with Crippen molar-refractivity contribution in [2.75, 3.05) is 4.72 Å². The monoisotopic (exact) mass is 326 g/mol. The standard InChI is InChI=1S/C13H11ClN2O4S/c1-8-4-5-9(14)7-11(8)21(19,20)16-10-3-2-6-15-12(10)13(17)18/h2-7,16H,1H3,(H,17,18). The summed E-state index contributed by atoms with van der Waals surface area (Å²) in [5.74, 6) is -1.32. The van der Waals surface area contributed by atoms with E-state index < -0.39 is 16.0 Å². The number of aromatic nitrogens is 1. The maximum absolute atomic E-state index is 12.4. The number of benzene rings is 1. The van der Waals surface area contributed by atoms with Crippen LogP contribution >= 0.6 is 11.6 Å². The van der Waals surface area contributed by atoms with E-state index in [1.807, 2.05) is 0 Å². The molecule has 1 aromatic heterocycles. The summed E-state index contributed by atoms with van der Waals surface area (Å²) in [5.41, 5.74) is 0.0118. The van der Waals surface area contributed by atoms with Crippen molar-refractivity contribution in [1.29, 1.82) is 0 Å². The van der Waals surface area contributed by atoms with E-state index in [9.17, 15) is 13.2 Å². The minimum Gasteiger partial charge on any atom is -0.476 e. The first-order chi connectivity index (χ1) is 9.81. The molecule has 2 rings (SSSR count). The number of rotatable bonds is 4. The average molecular weight is 327 g/mol. The SMILES string of the molecule is Cc1ccc(Cl)cc1S(=O)(=O)Nc1cccnc1C(=O)O. The van der Waals surface area contributed by atoms with E-state index in [1.54, 1.807) is 19.1 Å². The molecule has 0 saturated carbocycles. The lowest BCUT2D eigenvalue weighted by atomic mass is 10.2. The highest BCUT2D eigenvalue weighted by Gasteiger charge is 2.21. The van der Waals surface area contributed by atoms with Gasteiger partial charge in [0.1, 0.15) is 0 Å². The number of halogens is 1. The molecule has 0 spiro atoms. The first-order valence-corrected chi connectivity index (χ1v) is 7.64. The van der Waals surface area contributed by atoms with E-state index in [4.69, 9.17) is 16.7 Å². The molecule has 21 heavy (non-hydrogen) atoms. The Morgan fingerprint density at radius 2 is 2.05 bits per heavy atom. The van der Waals surface area contributed by atoms with Crippen molar-refractivity contribution in [2.24, 2.45) is 0 Å². The predicted molar refractivity (Wildman–Crippen MR) is 78.2 cm³/mol. The fraction of sp³-hybridized carbons (Fsp3) is 0.0769. The molecule has 0 amide bonds. The van der Waals surface area contributed by atoms with Gasteiger partial charge in [-0.2, -0.15) is 0 Å². The Labute approximate surface area is 126 Å². The van der Waals surface area contributed by atoms with Gasteiger partial charge in [-0.15, -0.1) is 0 Å². The molecule has 110 valence electrons. The fourth-order valence-corrected chi connectivity index (χ4v) is 3.30. The van der Waals surface area contributed by atoms with Crippen LogP contribution in [-0.2, 0) is 10.0 Å². The van der Waals surface area contributed by atoms with E-state index in [-0.39, 0.29) is 21.3 Å². The molecule has 0 aliphatic carbocycles. The molecule has 0 atom stereocenters. The Morgan fingerprint density at radius 3 is 2.71 bits per heavy atom. The number of sulfonamides is 1. The lowest BCUT2D eigenvalue weighted by molar-refractivity contribution is 0.0692. The van der Waals surface area contributed by atoms with Gasteiger partial charge in [0, 0.05) is 11.2 Å². The molecule has 8 heteroatoms. The Morgan fingerprint density at radius 1 is 1.33 bits per heavy atom. The maximum Gasteiger partial charge on any atom is 0.356 e. The first-order valence-electron chi connectivity index (χ1n) is 5.78. The second-order valence-electron chi connectivity index (χ2n) is 4.22. The smallest absolute Gasteiger partial charge is 0.356 e. The van der Waals surface area contributed by atoms with Crippen LogP contribution in [0.2, 0.25) is 5.02 Å². The minimum atomic E-state index is -3.96. The molecular formula is C13H11ClN2O4S. The van der Waals surface area contributed by atoms with E-state index in [0.717, 1.165) is 0 Å². The van der Waals surface area contributed by atoms with Crippen molar-refractivity contribution in [3.05, 3.63) is 52.8 Å². The van der Waals surface area contributed by atoms with Crippen molar-refractivity contribution in [1.82, 2.24) is 4.98 Å². The van der Waals surface area contributed by atoms with Gasteiger partial charge in [-0.1, -0.05) is 17.7 Å². The van der Waals surface area contributed by atoms with E-state index >= 15 is 0 Å². The Bertz CT molecular complexity index is 806. The van der Waals surface area contributed by atoms with E-state index in [0.29, 0.717) is 5.56 Å². The lowest BCUT2D eigenvalue weighted by Crippen LogP contribution is -2.17. The van der Waals surface area contributed by atoms with Crippen LogP contribution in [0.1, 0.15) is 16.1 Å². The number of nitrogens with zero attached hydrogens (tertiary/aromatic N) is 1. The largest absolute Gasteiger partial charge is 0.476 e. The second-order valence-corrected chi connectivity index (χ2v) is 6.31. The third-order valence-electron chi connectivity index (χ3n) is 2.69. The van der Waals surface area contributed by atoms with Crippen molar-refractivity contribution in [2.45, 2.75) is 11.8 Å². The Kier molecular flexibility index (Phi) is 4.15. The summed E-state index contributed by atoms with van der Waals surface area (Å²) in [4.78, 5) is 14.7. The normalized spacial score (nSPS) is 11.1. The van der Waals surface area contributed by atoms with Crippen molar-refractivity contribution in [3.8, 4) is 0 Å². The van der Waals surface area contributed by atoms with Gasteiger partial charge in [0.2, 0.25) is 0 Å². The van der Waals surface area contributed by atoms with E-state index in [1.165, 1.54) is 24.4 Å². The molecule has 6 nitrogen and oxygen atoms in total. The first kappa shape index (κ1) is 15.3. The van der Waals surface area contributed by atoms with Gasteiger partial charge in [0.05, 0.1) is 10.6 Å². The molecule has 0 aliphatic rings. The number of carboxylic acids is 1. The van der Waals surface area contributed by atoms with Gasteiger partial charge in [-0.25, -0.2) is 18.2 Å². The van der Waals surface area contributed by atoms with Crippen LogP contribution in [0.15, 0.2) is 41.4 Å². The number of aromatic carboxylic acids is 1. The number of nitrogens with one attached hydrogen (secondary N) is 1. The lowest BCUT2D eigenvalue weighted by Gasteiger charge is -2.11. The number of hydrogen-bond donors (Lipinski definition) is 2. The summed E-state index contributed by atoms with van der Waals surface area (Å²) in [5, 5.41) is 9.28. The fourth-order valence-electron chi connectivity index (χ4n) is 1.72. The average Bonchev–Trinajstić information content (AvgIpc) is 2.41. The number of aryl methyl sites for hydroxylation is 1. The zero-order valence-corrected chi connectivity index (χ0v) is 12.4. The molecular weight excluding hydrogens is 316 g/mol. The molecule has 0 unspecified atom stereocenters. The molecule has 1 heterocycles. The zero-order valence-electron chi connectivity index (χ0n) is 10.9. The van der Waals surface area contributed by atoms with Crippen LogP contribution in [0.4, 0.5) is 5.69 Å². The van der Waals surface area contributed by atoms with Gasteiger partial charge in [-0.05, 0) is 36.8 Å². The van der Waals surface area contributed by atoms with Crippen molar-refractivity contribution in [3.63, 3.8) is 0 Å². The summed E-state index contributed by atoms with van der Waals surface area (Å²) >= 11 is 5.81. The topological polar surface area (TPSA) is 96.4 Å². The number of carbonyl (C=O) groups is 1. The third-order valence-corrected chi connectivity index (χ3v) is 4.44. The molecule has 2 aromatic rings. The third kappa shape index (κ3) is 3.32. The molecule has 2 N–H and O–H groups in total. The van der Waals surface area contributed by atoms with Gasteiger partial charge in [0.15, 0.2) is 5.69 Å². The molecule has 0 radical (unpaired) electrons. The number of anilines is 1. The van der Waals surface area contributed by atoms with Gasteiger partial charge in [0.25, 0.3) is 10.0 Å². The number of pyridine rings is 1. The number of carboxylic acid groups (broad SMARTS) is 1. The van der Waals surface area contributed by atoms with Crippen LogP contribution in [-0.4, -0.2) is 24.5 Å². The van der Waals surface area contributed by atoms with Crippen LogP contribution in [0, 0.1) is 6.92 Å². The molecule has 0 saturated heterocycles. The van der Waals surface area contributed by atoms with Crippen LogP contribution < -0.4 is 4.72 Å². The molecule has 0 bridgehead atoms. The highest BCUT2D eigenvalue weighted by atomic mass is 35.5. The quantitative estimate of drug-likeness (QED) is 0.900. The minimum absolute atomic E-state index is 0.0183. The van der Waals surface area contributed by atoms with Crippen LogP contribution in [0.25, 0.3) is 0 Å². The highest BCUT2D eigenvalue weighted by molar-refractivity contribution is 7.92. The summed E-state index contributed by atoms with van der Waals surface area (Å²) in [7, 11) is -3.96. The van der Waals surface area contributed by atoms with E-state index in [2.05, 4.69) is 9.71 Å². The number of hydrogen-bond acceptors (Lipinski definition) is 4. The Hall–Kier alpha value is -2.12. The predicted octanol–water partition coefficient (Wildman–Crippen LogP) is 2.54. The Balaban J connectivity index is 2.48. The summed E-state index contributed by atoms with van der Waals surface area (Å²) < 4.78 is 26.9. The van der Waals surface area contributed by atoms with Crippen molar-refractivity contribution >= 4 is 33.3 Å². The second kappa shape index (κ2) is 5.71. The zero-order chi connectivity index (χ0) is 15.6. The highest BCUT2D eigenvalue weighted by Crippen LogP contribution is 2.23. The molecule has 0 fully saturated rings. The molecule has 1 aromatic carbocycles. The van der Waals surface area contributed by atoms with Gasteiger partial charge >= 0.3 is 5.97 Å². The summed E-state index contributed by atoms with van der Waals surface area (Å²) in [6.45, 7) is 1.62. The van der Waals surface area contributed by atoms with Crippen molar-refractivity contribution < 1.29 is 18.3 Å². The van der Waals surface area contributed by atoms with Gasteiger partial charge in [-0.3, -0.25) is 4.72 Å².